The van der Waals surface area contributed by atoms with Crippen molar-refractivity contribution in [3.63, 3.8) is 0 Å². The van der Waals surface area contributed by atoms with Crippen LogP contribution in [0.25, 0.3) is 22.8 Å². The Morgan fingerprint density at radius 1 is 0.241 bits per heavy atom. The summed E-state index contributed by atoms with van der Waals surface area (Å²) in [6.07, 6.45) is 0. The minimum Gasteiger partial charge on any atom is -0.306 e. The zero-order valence-electron chi connectivity index (χ0n) is 31.3. The first kappa shape index (κ1) is 33.3. The van der Waals surface area contributed by atoms with Crippen LogP contribution in [0.4, 0.5) is 68.5 Å². The molecule has 11 rings (SSSR count). The summed E-state index contributed by atoms with van der Waals surface area (Å²) >= 11 is 0. The first-order valence-electron chi connectivity index (χ1n) is 19.4. The quantitative estimate of drug-likeness (QED) is 0.168. The fourth-order valence-corrected chi connectivity index (χ4v) is 8.23. The smallest absolute Gasteiger partial charge is 0.238 e. The Balaban J connectivity index is 1.13. The van der Waals surface area contributed by atoms with Crippen molar-refractivity contribution in [1.29, 1.82) is 0 Å². The van der Waals surface area contributed by atoms with E-state index in [9.17, 15) is 0 Å². The molecular weight excluding hydrogens is 711 g/mol. The second-order valence-corrected chi connectivity index (χ2v) is 14.1. The van der Waals surface area contributed by atoms with Gasteiger partial charge in [-0.1, -0.05) is 127 Å². The molecule has 7 nitrogen and oxygen atoms in total. The molecule has 2 aliphatic heterocycles. The molecule has 0 radical (unpaired) electrons. The molecule has 0 fully saturated rings. The number of fused-ring (bicyclic) bond motifs is 4. The highest BCUT2D eigenvalue weighted by Gasteiger charge is 2.34. The van der Waals surface area contributed by atoms with Crippen LogP contribution in [-0.4, -0.2) is 15.0 Å². The Kier molecular flexibility index (Phi) is 8.00. The maximum Gasteiger partial charge on any atom is 0.238 e. The van der Waals surface area contributed by atoms with Crippen LogP contribution < -0.4 is 19.6 Å². The van der Waals surface area contributed by atoms with Crippen LogP contribution in [-0.2, 0) is 0 Å². The predicted octanol–water partition coefficient (Wildman–Crippen LogP) is 13.7. The molecule has 0 amide bonds. The molecule has 8 aromatic carbocycles. The SMILES string of the molecule is c1ccc(-c2nc(-c3ccccc3N3c4ccccc4N(c4ccccc4)c4ccccc43)nc(N3c4ccccc4N(c4ccccc4)c4ccccc43)n2)cc1. The van der Waals surface area contributed by atoms with E-state index < -0.39 is 0 Å². The molecule has 58 heavy (non-hydrogen) atoms. The van der Waals surface area contributed by atoms with E-state index in [1.807, 2.05) is 24.3 Å². The summed E-state index contributed by atoms with van der Waals surface area (Å²) in [4.78, 5) is 25.1. The molecule has 0 atom stereocenters. The van der Waals surface area contributed by atoms with Crippen LogP contribution in [0.5, 0.6) is 0 Å². The maximum absolute atomic E-state index is 5.43. The van der Waals surface area contributed by atoms with Gasteiger partial charge in [-0.15, -0.1) is 0 Å². The van der Waals surface area contributed by atoms with E-state index in [4.69, 9.17) is 15.0 Å². The number of hydrogen-bond donors (Lipinski definition) is 0. The second-order valence-electron chi connectivity index (χ2n) is 14.1. The van der Waals surface area contributed by atoms with Gasteiger partial charge in [-0.05, 0) is 84.9 Å². The van der Waals surface area contributed by atoms with E-state index in [1.54, 1.807) is 0 Å². The van der Waals surface area contributed by atoms with Crippen LogP contribution >= 0.6 is 0 Å². The average molecular weight is 746 g/mol. The summed E-state index contributed by atoms with van der Waals surface area (Å²) < 4.78 is 0. The van der Waals surface area contributed by atoms with E-state index in [2.05, 4.69) is 208 Å². The summed E-state index contributed by atoms with van der Waals surface area (Å²) in [6, 6.07) is 73.7. The number of nitrogens with zero attached hydrogens (tertiary/aromatic N) is 7. The normalized spacial score (nSPS) is 12.7. The zero-order chi connectivity index (χ0) is 38.4. The number of anilines is 12. The molecule has 3 heterocycles. The van der Waals surface area contributed by atoms with Crippen molar-refractivity contribution in [2.45, 2.75) is 0 Å². The van der Waals surface area contributed by atoms with Gasteiger partial charge in [-0.2, -0.15) is 9.97 Å². The lowest BCUT2D eigenvalue weighted by Gasteiger charge is -2.40. The lowest BCUT2D eigenvalue weighted by atomic mass is 10.0. The number of rotatable bonds is 6. The minimum absolute atomic E-state index is 0.529. The van der Waals surface area contributed by atoms with E-state index in [0.717, 1.165) is 73.7 Å². The van der Waals surface area contributed by atoms with Crippen LogP contribution in [0, 0.1) is 0 Å². The van der Waals surface area contributed by atoms with Gasteiger partial charge >= 0.3 is 0 Å². The molecular formula is C51H35N7. The second kappa shape index (κ2) is 13.9. The molecule has 274 valence electrons. The Labute approximate surface area is 337 Å². The largest absolute Gasteiger partial charge is 0.306 e. The van der Waals surface area contributed by atoms with Gasteiger partial charge in [0.15, 0.2) is 11.6 Å². The zero-order valence-corrected chi connectivity index (χ0v) is 31.3. The van der Waals surface area contributed by atoms with Crippen LogP contribution in [0.3, 0.4) is 0 Å². The molecule has 0 saturated carbocycles. The summed E-state index contributed by atoms with van der Waals surface area (Å²) in [5.74, 6) is 1.69. The van der Waals surface area contributed by atoms with Gasteiger partial charge < -0.3 is 14.7 Å². The molecule has 0 aliphatic carbocycles. The molecule has 0 saturated heterocycles. The average Bonchev–Trinajstić information content (AvgIpc) is 3.30. The first-order chi connectivity index (χ1) is 28.8. The lowest BCUT2D eigenvalue weighted by Crippen LogP contribution is -2.25. The lowest BCUT2D eigenvalue weighted by molar-refractivity contribution is 1.01. The Bertz CT molecular complexity index is 2840. The molecule has 0 spiro atoms. The van der Waals surface area contributed by atoms with Crippen molar-refractivity contribution in [2.75, 3.05) is 19.6 Å². The fourth-order valence-electron chi connectivity index (χ4n) is 8.23. The number of benzene rings is 8. The third-order valence-corrected chi connectivity index (χ3v) is 10.7. The van der Waals surface area contributed by atoms with Gasteiger partial charge in [0.25, 0.3) is 0 Å². The summed E-state index contributed by atoms with van der Waals surface area (Å²) in [5, 5.41) is 0. The molecule has 1 aromatic heterocycles. The van der Waals surface area contributed by atoms with Crippen molar-refractivity contribution in [2.24, 2.45) is 0 Å². The third-order valence-electron chi connectivity index (χ3n) is 10.7. The van der Waals surface area contributed by atoms with Gasteiger partial charge in [0.2, 0.25) is 5.95 Å². The minimum atomic E-state index is 0.529. The highest BCUT2D eigenvalue weighted by molar-refractivity contribution is 6.04. The van der Waals surface area contributed by atoms with E-state index in [1.165, 1.54) is 0 Å². The first-order valence-corrected chi connectivity index (χ1v) is 19.4. The van der Waals surface area contributed by atoms with E-state index >= 15 is 0 Å². The topological polar surface area (TPSA) is 51.6 Å². The Morgan fingerprint density at radius 2 is 0.569 bits per heavy atom. The van der Waals surface area contributed by atoms with E-state index in [-0.39, 0.29) is 0 Å². The van der Waals surface area contributed by atoms with Crippen molar-refractivity contribution in [1.82, 2.24) is 15.0 Å². The van der Waals surface area contributed by atoms with Crippen molar-refractivity contribution in [3.8, 4) is 22.8 Å². The molecule has 0 unspecified atom stereocenters. The standard InChI is InChI=1S/C51H35N7/c1-4-20-36(21-5-1)49-52-50(54-51(53-49)58-47-34-18-14-30-43(47)56(38-24-8-3-9-25-38)44-31-15-19-35-48(44)58)39-26-10-11-27-40(39)57-45-32-16-12-28-41(45)55(37-22-6-2-7-23-37)42-29-13-17-33-46(42)57/h1-35H. The van der Waals surface area contributed by atoms with Crippen LogP contribution in [0.2, 0.25) is 0 Å². The number of aromatic nitrogens is 3. The van der Waals surface area contributed by atoms with Crippen molar-refractivity contribution in [3.05, 3.63) is 212 Å². The molecule has 7 heteroatoms. The van der Waals surface area contributed by atoms with Gasteiger partial charge in [-0.25, -0.2) is 4.98 Å². The molecule has 2 aliphatic rings. The molecule has 0 bridgehead atoms. The van der Waals surface area contributed by atoms with Crippen molar-refractivity contribution < 1.29 is 0 Å². The highest BCUT2D eigenvalue weighted by Crippen LogP contribution is 2.56. The summed E-state index contributed by atoms with van der Waals surface area (Å²) in [6.45, 7) is 0. The van der Waals surface area contributed by atoms with Crippen LogP contribution in [0.1, 0.15) is 0 Å². The molecule has 9 aromatic rings. The van der Waals surface area contributed by atoms with Gasteiger partial charge in [0.05, 0.1) is 51.2 Å². The van der Waals surface area contributed by atoms with Gasteiger partial charge in [-0.3, -0.25) is 4.90 Å². The van der Waals surface area contributed by atoms with Gasteiger partial charge in [0, 0.05) is 22.5 Å². The predicted molar refractivity (Wildman–Crippen MR) is 237 cm³/mol. The summed E-state index contributed by atoms with van der Waals surface area (Å²) in [7, 11) is 0. The Hall–Kier alpha value is -8.03. The summed E-state index contributed by atoms with van der Waals surface area (Å²) in [5.41, 5.74) is 13.2. The number of para-hydroxylation sites is 11. The number of hydrogen-bond acceptors (Lipinski definition) is 7. The Morgan fingerprint density at radius 3 is 1.02 bits per heavy atom. The van der Waals surface area contributed by atoms with E-state index in [0.29, 0.717) is 17.6 Å². The van der Waals surface area contributed by atoms with Crippen LogP contribution in [0.15, 0.2) is 212 Å². The monoisotopic (exact) mass is 745 g/mol. The van der Waals surface area contributed by atoms with Crippen molar-refractivity contribution >= 4 is 68.5 Å². The highest BCUT2D eigenvalue weighted by atomic mass is 15.3. The van der Waals surface area contributed by atoms with Gasteiger partial charge in [0.1, 0.15) is 0 Å². The maximum atomic E-state index is 5.43. The fraction of sp³-hybridized carbons (Fsp3) is 0. The third kappa shape index (κ3) is 5.48. The molecule has 0 N–H and O–H groups in total.